The van der Waals surface area contributed by atoms with Crippen molar-refractivity contribution in [3.63, 3.8) is 0 Å². The molecule has 3 aliphatic carbocycles. The van der Waals surface area contributed by atoms with Crippen LogP contribution in [0.15, 0.2) is 24.3 Å². The number of aromatic amines is 1. The third kappa shape index (κ3) is 3.54. The zero-order chi connectivity index (χ0) is 24.3. The molecule has 2 aromatic rings. The monoisotopic (exact) mass is 475 g/mol. The van der Waals surface area contributed by atoms with Crippen LogP contribution in [-0.2, 0) is 9.59 Å². The van der Waals surface area contributed by atoms with Gasteiger partial charge in [-0.2, -0.15) is 5.26 Å². The predicted octanol–water partition coefficient (Wildman–Crippen LogP) is 1.86. The van der Waals surface area contributed by atoms with Crippen molar-refractivity contribution in [1.82, 2.24) is 20.9 Å². The van der Waals surface area contributed by atoms with E-state index in [0.29, 0.717) is 36.7 Å². The van der Waals surface area contributed by atoms with E-state index in [1.807, 2.05) is 18.2 Å². The zero-order valence-corrected chi connectivity index (χ0v) is 19.6. The number of aromatic nitrogens is 1. The summed E-state index contributed by atoms with van der Waals surface area (Å²) in [6, 6.07) is 8.87. The molecule has 3 saturated carbocycles. The number of H-pyrrole nitrogens is 1. The number of methoxy groups -OCH3 is 1. The lowest BCUT2D eigenvalue weighted by molar-refractivity contribution is -0.128. The molecular weight excluding hydrogens is 446 g/mol. The first-order chi connectivity index (χ1) is 16.9. The van der Waals surface area contributed by atoms with Crippen LogP contribution in [0.2, 0.25) is 0 Å². The van der Waals surface area contributed by atoms with Crippen molar-refractivity contribution in [2.45, 2.75) is 43.7 Å². The van der Waals surface area contributed by atoms with Gasteiger partial charge in [0.2, 0.25) is 11.8 Å². The molecule has 9 nitrogen and oxygen atoms in total. The molecule has 1 aromatic heterocycles. The van der Waals surface area contributed by atoms with Gasteiger partial charge in [-0.1, -0.05) is 18.9 Å². The van der Waals surface area contributed by atoms with Crippen LogP contribution < -0.4 is 20.7 Å². The van der Waals surface area contributed by atoms with Crippen LogP contribution >= 0.6 is 0 Å². The first-order valence-corrected chi connectivity index (χ1v) is 12.4. The number of hydrogen-bond acceptors (Lipinski definition) is 5. The summed E-state index contributed by atoms with van der Waals surface area (Å²) >= 11 is 0. The van der Waals surface area contributed by atoms with E-state index in [9.17, 15) is 19.6 Å². The van der Waals surface area contributed by atoms with Gasteiger partial charge in [-0.15, -0.1) is 0 Å². The molecule has 2 heterocycles. The van der Waals surface area contributed by atoms with Crippen molar-refractivity contribution in [1.29, 1.82) is 5.26 Å². The molecule has 1 aromatic carbocycles. The average molecular weight is 476 g/mol. The molecule has 6 rings (SSSR count). The molecule has 0 radical (unpaired) electrons. The Morgan fingerprint density at radius 1 is 1.34 bits per heavy atom. The van der Waals surface area contributed by atoms with Crippen LogP contribution in [0.3, 0.4) is 0 Å². The highest BCUT2D eigenvalue weighted by atomic mass is 16.5. The number of ether oxygens (including phenoxy) is 1. The number of carbonyl (C=O) groups excluding carboxylic acids is 3. The Labute approximate surface area is 203 Å². The van der Waals surface area contributed by atoms with Crippen molar-refractivity contribution < 1.29 is 19.1 Å². The molecule has 6 atom stereocenters. The summed E-state index contributed by atoms with van der Waals surface area (Å²) in [6.07, 6.45) is 3.93. The van der Waals surface area contributed by atoms with E-state index < -0.39 is 11.6 Å². The first-order valence-electron chi connectivity index (χ1n) is 12.4. The Bertz CT molecular complexity index is 1260. The number of carbonyl (C=O) groups is 3. The minimum atomic E-state index is -1.06. The molecule has 4 fully saturated rings. The van der Waals surface area contributed by atoms with Crippen LogP contribution in [0, 0.1) is 40.9 Å². The maximum atomic E-state index is 13.5. The van der Waals surface area contributed by atoms with E-state index >= 15 is 0 Å². The molecule has 3 amide bonds. The van der Waals surface area contributed by atoms with Gasteiger partial charge in [0.1, 0.15) is 23.0 Å². The second kappa shape index (κ2) is 8.01. The van der Waals surface area contributed by atoms with Crippen LogP contribution in [0.4, 0.5) is 0 Å². The largest absolute Gasteiger partial charge is 0.496 e. The fourth-order valence-electron chi connectivity index (χ4n) is 6.74. The number of fused-ring (bicyclic) bond motifs is 6. The predicted molar refractivity (Wildman–Crippen MR) is 126 cm³/mol. The highest BCUT2D eigenvalue weighted by Crippen LogP contribution is 2.58. The third-order valence-electron chi connectivity index (χ3n) is 8.61. The van der Waals surface area contributed by atoms with Gasteiger partial charge in [-0.25, -0.2) is 0 Å². The maximum absolute atomic E-state index is 13.5. The minimum Gasteiger partial charge on any atom is -0.496 e. The molecular formula is C26H29N5O4. The van der Waals surface area contributed by atoms with E-state index in [-0.39, 0.29) is 41.4 Å². The normalized spacial score (nSPS) is 31.5. The quantitative estimate of drug-likeness (QED) is 0.485. The number of nitrogens with zero attached hydrogens (tertiary/aromatic N) is 1. The van der Waals surface area contributed by atoms with Crippen LogP contribution in [0.25, 0.3) is 10.9 Å². The fraction of sp³-hybridized carbons (Fsp3) is 0.538. The number of rotatable bonds is 7. The van der Waals surface area contributed by atoms with Gasteiger partial charge in [-0.3, -0.25) is 14.4 Å². The number of benzene rings is 1. The van der Waals surface area contributed by atoms with Gasteiger partial charge >= 0.3 is 0 Å². The Morgan fingerprint density at radius 2 is 2.17 bits per heavy atom. The summed E-state index contributed by atoms with van der Waals surface area (Å²) in [5.74, 6) is 0.422. The summed E-state index contributed by atoms with van der Waals surface area (Å²) in [4.78, 5) is 42.2. The number of hydrogen-bond donors (Lipinski definition) is 4. The van der Waals surface area contributed by atoms with Crippen molar-refractivity contribution >= 4 is 28.6 Å². The maximum Gasteiger partial charge on any atom is 0.268 e. The molecule has 1 saturated heterocycles. The van der Waals surface area contributed by atoms with E-state index in [2.05, 4.69) is 27.0 Å². The van der Waals surface area contributed by atoms with Gasteiger partial charge in [0.15, 0.2) is 0 Å². The molecule has 4 aliphatic rings. The fourth-order valence-corrected chi connectivity index (χ4v) is 6.74. The van der Waals surface area contributed by atoms with Crippen LogP contribution in [-0.4, -0.2) is 47.9 Å². The molecule has 2 bridgehead atoms. The SMILES string of the molecule is COc1cccc2[nH]c(C(=O)N[C@@H](CC3CC3)C(=O)N[C@@]3(C#N)C[C@@H]4C[C@H]3[C@H]3C(=O)NC[C@@H]43)cc12. The molecule has 1 aliphatic heterocycles. The lowest BCUT2D eigenvalue weighted by atomic mass is 9.71. The summed E-state index contributed by atoms with van der Waals surface area (Å²) < 4.78 is 5.39. The van der Waals surface area contributed by atoms with E-state index in [0.717, 1.165) is 30.2 Å². The van der Waals surface area contributed by atoms with E-state index in [1.54, 1.807) is 13.2 Å². The zero-order valence-electron chi connectivity index (χ0n) is 19.6. The Morgan fingerprint density at radius 3 is 2.91 bits per heavy atom. The van der Waals surface area contributed by atoms with Crippen molar-refractivity contribution in [2.75, 3.05) is 13.7 Å². The van der Waals surface area contributed by atoms with Gasteiger partial charge in [-0.05, 0) is 55.2 Å². The van der Waals surface area contributed by atoms with E-state index in [1.165, 1.54) is 0 Å². The van der Waals surface area contributed by atoms with Gasteiger partial charge in [0, 0.05) is 29.3 Å². The molecule has 0 spiro atoms. The van der Waals surface area contributed by atoms with E-state index in [4.69, 9.17) is 4.74 Å². The highest BCUT2D eigenvalue weighted by molar-refractivity contribution is 6.01. The topological polar surface area (TPSA) is 136 Å². The molecule has 0 unspecified atom stereocenters. The number of nitriles is 1. The molecule has 4 N–H and O–H groups in total. The first kappa shape index (κ1) is 22.0. The van der Waals surface area contributed by atoms with Crippen molar-refractivity contribution in [3.8, 4) is 11.8 Å². The summed E-state index contributed by atoms with van der Waals surface area (Å²) in [5, 5.41) is 19.8. The standard InChI is InChI=1S/C26H29N5O4/c1-35-21-4-2-3-18-15(21)9-20(29-18)23(32)30-19(7-13-5-6-13)24(33)31-26(12-27)10-14-8-17(26)22-16(14)11-28-25(22)34/h2-4,9,13-14,16-17,19,22,29H,5-8,10-11H2,1H3,(H,28,34)(H,30,32)(H,31,33)/t14-,16-,17-,19-,22-,26+/m0/s1. The smallest absolute Gasteiger partial charge is 0.268 e. The van der Waals surface area contributed by atoms with Crippen molar-refractivity contribution in [3.05, 3.63) is 30.0 Å². The van der Waals surface area contributed by atoms with Gasteiger partial charge < -0.3 is 25.7 Å². The Balaban J connectivity index is 1.21. The summed E-state index contributed by atoms with van der Waals surface area (Å²) in [7, 11) is 1.58. The highest BCUT2D eigenvalue weighted by Gasteiger charge is 2.65. The second-order valence-electron chi connectivity index (χ2n) is 10.6. The molecule has 182 valence electrons. The Hall–Kier alpha value is -3.54. The average Bonchev–Trinajstić information content (AvgIpc) is 3.18. The number of amides is 3. The lowest BCUT2D eigenvalue weighted by Crippen LogP contribution is -2.59. The second-order valence-corrected chi connectivity index (χ2v) is 10.6. The third-order valence-corrected chi connectivity index (χ3v) is 8.61. The summed E-state index contributed by atoms with van der Waals surface area (Å²) in [5.41, 5.74) is 0.0528. The van der Waals surface area contributed by atoms with Gasteiger partial charge in [0.05, 0.1) is 13.2 Å². The minimum absolute atomic E-state index is 0.00635. The number of nitrogens with one attached hydrogen (secondary N) is 4. The summed E-state index contributed by atoms with van der Waals surface area (Å²) in [6.45, 7) is 0.662. The lowest BCUT2D eigenvalue weighted by Gasteiger charge is -2.37. The van der Waals surface area contributed by atoms with Crippen LogP contribution in [0.1, 0.15) is 42.6 Å². The van der Waals surface area contributed by atoms with Crippen molar-refractivity contribution in [2.24, 2.45) is 29.6 Å². The Kier molecular flexibility index (Phi) is 5.02. The molecule has 35 heavy (non-hydrogen) atoms. The molecule has 9 heteroatoms. The van der Waals surface area contributed by atoms with Gasteiger partial charge in [0.25, 0.3) is 5.91 Å². The van der Waals surface area contributed by atoms with Crippen LogP contribution in [0.5, 0.6) is 5.75 Å².